The molecule has 4 nitrogen and oxygen atoms in total. The smallest absolute Gasteiger partial charge is 0.230 e. The van der Waals surface area contributed by atoms with Gasteiger partial charge in [0, 0.05) is 25.7 Å². The highest BCUT2D eigenvalue weighted by Gasteiger charge is 2.51. The van der Waals surface area contributed by atoms with Crippen molar-refractivity contribution >= 4 is 5.91 Å². The maximum Gasteiger partial charge on any atom is 0.230 e. The second-order valence-electron chi connectivity index (χ2n) is 6.03. The fraction of sp³-hybridized carbons (Fsp3) is 0.923. The van der Waals surface area contributed by atoms with Gasteiger partial charge in [-0.15, -0.1) is 0 Å². The Bertz CT molecular complexity index is 320. The van der Waals surface area contributed by atoms with Crippen LogP contribution in [0.15, 0.2) is 0 Å². The van der Waals surface area contributed by atoms with Crippen LogP contribution in [0.3, 0.4) is 0 Å². The van der Waals surface area contributed by atoms with Gasteiger partial charge in [0.2, 0.25) is 5.91 Å². The quantitative estimate of drug-likeness (QED) is 0.691. The van der Waals surface area contributed by atoms with E-state index in [9.17, 15) is 4.79 Å². The summed E-state index contributed by atoms with van der Waals surface area (Å²) in [6, 6.07) is 0.201. The molecule has 0 radical (unpaired) electrons. The molecule has 0 aromatic carbocycles. The van der Waals surface area contributed by atoms with E-state index in [1.807, 2.05) is 4.90 Å². The van der Waals surface area contributed by atoms with Crippen LogP contribution in [0.1, 0.15) is 32.1 Å². The van der Waals surface area contributed by atoms with Gasteiger partial charge in [0.15, 0.2) is 0 Å². The number of likely N-dealkylation sites (tertiary alicyclic amines) is 1. The molecule has 0 unspecified atom stereocenters. The number of carbonyl (C=O) groups excluding carboxylic acids is 1. The van der Waals surface area contributed by atoms with Crippen molar-refractivity contribution in [2.45, 2.75) is 38.1 Å². The SMILES string of the molecule is N[C@@H]1CCN(C(=O)[C@@]23CCCC[C@H]2CNC3)C1. The maximum atomic E-state index is 12.8. The first-order valence-electron chi connectivity index (χ1n) is 6.98. The van der Waals surface area contributed by atoms with Gasteiger partial charge in [-0.1, -0.05) is 12.8 Å². The summed E-state index contributed by atoms with van der Waals surface area (Å²) in [5.74, 6) is 0.959. The van der Waals surface area contributed by atoms with Crippen molar-refractivity contribution in [2.24, 2.45) is 17.1 Å². The van der Waals surface area contributed by atoms with E-state index in [-0.39, 0.29) is 11.5 Å². The predicted octanol–water partition coefficient (Wildman–Crippen LogP) is 0.326. The molecule has 1 amide bonds. The van der Waals surface area contributed by atoms with E-state index in [1.165, 1.54) is 19.3 Å². The van der Waals surface area contributed by atoms with E-state index >= 15 is 0 Å². The fourth-order valence-corrected chi connectivity index (χ4v) is 3.96. The summed E-state index contributed by atoms with van der Waals surface area (Å²) >= 11 is 0. The van der Waals surface area contributed by atoms with Crippen LogP contribution in [0.2, 0.25) is 0 Å². The molecule has 96 valence electrons. The van der Waals surface area contributed by atoms with E-state index in [0.717, 1.165) is 39.0 Å². The monoisotopic (exact) mass is 237 g/mol. The highest BCUT2D eigenvalue weighted by atomic mass is 16.2. The summed E-state index contributed by atoms with van der Waals surface area (Å²) < 4.78 is 0. The van der Waals surface area contributed by atoms with Gasteiger partial charge in [-0.3, -0.25) is 4.79 Å². The Morgan fingerprint density at radius 3 is 3.00 bits per heavy atom. The van der Waals surface area contributed by atoms with Gasteiger partial charge < -0.3 is 16.0 Å². The van der Waals surface area contributed by atoms with Crippen LogP contribution in [0.25, 0.3) is 0 Å². The van der Waals surface area contributed by atoms with Gasteiger partial charge in [-0.2, -0.15) is 0 Å². The number of amides is 1. The number of rotatable bonds is 1. The molecule has 0 bridgehead atoms. The van der Waals surface area contributed by atoms with Crippen molar-refractivity contribution in [3.8, 4) is 0 Å². The zero-order chi connectivity index (χ0) is 11.9. The molecular weight excluding hydrogens is 214 g/mol. The molecule has 2 saturated heterocycles. The number of fused-ring (bicyclic) bond motifs is 1. The van der Waals surface area contributed by atoms with Crippen LogP contribution in [0.5, 0.6) is 0 Å². The van der Waals surface area contributed by atoms with Crippen molar-refractivity contribution < 1.29 is 4.79 Å². The Balaban J connectivity index is 1.79. The van der Waals surface area contributed by atoms with Gasteiger partial charge in [-0.25, -0.2) is 0 Å². The second kappa shape index (κ2) is 4.25. The van der Waals surface area contributed by atoms with Crippen LogP contribution in [0, 0.1) is 11.3 Å². The topological polar surface area (TPSA) is 58.4 Å². The van der Waals surface area contributed by atoms with Gasteiger partial charge in [0.05, 0.1) is 5.41 Å². The van der Waals surface area contributed by atoms with Crippen LogP contribution in [-0.4, -0.2) is 43.0 Å². The van der Waals surface area contributed by atoms with Crippen LogP contribution in [-0.2, 0) is 4.79 Å². The van der Waals surface area contributed by atoms with Gasteiger partial charge in [0.25, 0.3) is 0 Å². The summed E-state index contributed by atoms with van der Waals surface area (Å²) in [6.07, 6.45) is 5.78. The lowest BCUT2D eigenvalue weighted by Gasteiger charge is -2.39. The highest BCUT2D eigenvalue weighted by molar-refractivity contribution is 5.84. The summed E-state index contributed by atoms with van der Waals surface area (Å²) in [5.41, 5.74) is 5.84. The Kier molecular flexibility index (Phi) is 2.87. The van der Waals surface area contributed by atoms with Crippen molar-refractivity contribution in [3.63, 3.8) is 0 Å². The van der Waals surface area contributed by atoms with E-state index in [0.29, 0.717) is 11.8 Å². The van der Waals surface area contributed by atoms with Crippen LogP contribution in [0.4, 0.5) is 0 Å². The molecule has 3 fully saturated rings. The number of nitrogens with one attached hydrogen (secondary N) is 1. The van der Waals surface area contributed by atoms with E-state index in [2.05, 4.69) is 5.32 Å². The third-order valence-electron chi connectivity index (χ3n) is 4.98. The van der Waals surface area contributed by atoms with Crippen molar-refractivity contribution in [3.05, 3.63) is 0 Å². The zero-order valence-corrected chi connectivity index (χ0v) is 10.5. The minimum absolute atomic E-state index is 0.0810. The second-order valence-corrected chi connectivity index (χ2v) is 6.03. The highest BCUT2D eigenvalue weighted by Crippen LogP contribution is 2.45. The molecule has 0 aromatic rings. The fourth-order valence-electron chi connectivity index (χ4n) is 3.96. The first-order valence-corrected chi connectivity index (χ1v) is 6.98. The largest absolute Gasteiger partial charge is 0.341 e. The normalized spacial score (nSPS) is 41.6. The van der Waals surface area contributed by atoms with Crippen molar-refractivity contribution in [2.75, 3.05) is 26.2 Å². The maximum absolute atomic E-state index is 12.8. The zero-order valence-electron chi connectivity index (χ0n) is 10.5. The predicted molar refractivity (Wildman–Crippen MR) is 66.4 cm³/mol. The molecule has 3 atom stereocenters. The molecule has 3 N–H and O–H groups in total. The number of hydrogen-bond donors (Lipinski definition) is 2. The van der Waals surface area contributed by atoms with Crippen molar-refractivity contribution in [1.29, 1.82) is 0 Å². The number of carbonyl (C=O) groups is 1. The summed E-state index contributed by atoms with van der Waals surface area (Å²) in [6.45, 7) is 3.57. The molecule has 3 rings (SSSR count). The first-order chi connectivity index (χ1) is 8.22. The Labute approximate surface area is 103 Å². The molecule has 1 saturated carbocycles. The third kappa shape index (κ3) is 1.78. The van der Waals surface area contributed by atoms with Crippen LogP contribution < -0.4 is 11.1 Å². The average Bonchev–Trinajstić information content (AvgIpc) is 2.94. The number of nitrogens with zero attached hydrogens (tertiary/aromatic N) is 1. The van der Waals surface area contributed by atoms with E-state index in [4.69, 9.17) is 5.73 Å². The van der Waals surface area contributed by atoms with Gasteiger partial charge in [0.1, 0.15) is 0 Å². The van der Waals surface area contributed by atoms with Gasteiger partial charge >= 0.3 is 0 Å². The third-order valence-corrected chi connectivity index (χ3v) is 4.98. The van der Waals surface area contributed by atoms with Crippen LogP contribution >= 0.6 is 0 Å². The number of nitrogens with two attached hydrogens (primary N) is 1. The first kappa shape index (κ1) is 11.5. The molecule has 0 spiro atoms. The molecule has 1 aliphatic carbocycles. The number of hydrogen-bond acceptors (Lipinski definition) is 3. The van der Waals surface area contributed by atoms with Gasteiger partial charge in [-0.05, 0) is 31.7 Å². The average molecular weight is 237 g/mol. The summed E-state index contributed by atoms with van der Waals surface area (Å²) in [7, 11) is 0. The molecular formula is C13H23N3O. The van der Waals surface area contributed by atoms with E-state index < -0.39 is 0 Å². The Morgan fingerprint density at radius 1 is 1.35 bits per heavy atom. The molecule has 2 aliphatic heterocycles. The lowest BCUT2D eigenvalue weighted by Crippen LogP contribution is -2.49. The van der Waals surface area contributed by atoms with Crippen molar-refractivity contribution in [1.82, 2.24) is 10.2 Å². The van der Waals surface area contributed by atoms with E-state index in [1.54, 1.807) is 0 Å². The minimum atomic E-state index is -0.0810. The lowest BCUT2D eigenvalue weighted by molar-refractivity contribution is -0.144. The molecule has 0 aromatic heterocycles. The standard InChI is InChI=1S/C13H23N3O/c14-11-4-6-16(8-11)12(17)13-5-2-1-3-10(13)7-15-9-13/h10-11,15H,1-9,14H2/t10-,11+,13+/m0/s1. The Morgan fingerprint density at radius 2 is 2.24 bits per heavy atom. The Hall–Kier alpha value is -0.610. The molecule has 2 heterocycles. The summed E-state index contributed by atoms with van der Waals surface area (Å²) in [4.78, 5) is 14.8. The molecule has 17 heavy (non-hydrogen) atoms. The molecule has 4 heteroatoms. The minimum Gasteiger partial charge on any atom is -0.341 e. The summed E-state index contributed by atoms with van der Waals surface area (Å²) in [5, 5.41) is 3.44. The molecule has 3 aliphatic rings. The lowest BCUT2D eigenvalue weighted by atomic mass is 9.67.